The van der Waals surface area contributed by atoms with Crippen molar-refractivity contribution >= 4 is 26.8 Å². The number of ether oxygens (including phenoxy) is 2. The zero-order valence-electron chi connectivity index (χ0n) is 10.5. The van der Waals surface area contributed by atoms with Crippen molar-refractivity contribution in [3.8, 4) is 11.5 Å². The molecular weight excluding hydrogens is 313 g/mol. The second-order valence-electron chi connectivity index (χ2n) is 4.61. The molecule has 5 heteroatoms. The molecule has 1 aliphatic heterocycles. The van der Waals surface area contributed by atoms with Crippen molar-refractivity contribution < 1.29 is 13.9 Å². The molecule has 1 unspecified atom stereocenters. The van der Waals surface area contributed by atoms with Crippen LogP contribution in [0.15, 0.2) is 18.3 Å². The molecular formula is C14H13BrFNO2. The van der Waals surface area contributed by atoms with Crippen LogP contribution in [0.2, 0.25) is 0 Å². The molecule has 0 saturated heterocycles. The summed E-state index contributed by atoms with van der Waals surface area (Å²) in [4.78, 5) is 4.25. The van der Waals surface area contributed by atoms with E-state index in [0.717, 1.165) is 17.3 Å². The van der Waals surface area contributed by atoms with Gasteiger partial charge in [0.1, 0.15) is 5.75 Å². The van der Waals surface area contributed by atoms with Crippen molar-refractivity contribution in [1.29, 1.82) is 0 Å². The van der Waals surface area contributed by atoms with E-state index in [0.29, 0.717) is 29.2 Å². The van der Waals surface area contributed by atoms with E-state index in [9.17, 15) is 4.39 Å². The highest BCUT2D eigenvalue weighted by Crippen LogP contribution is 2.36. The molecule has 0 aliphatic carbocycles. The first-order valence-electron chi connectivity index (χ1n) is 6.07. The fourth-order valence-corrected chi connectivity index (χ4v) is 2.83. The van der Waals surface area contributed by atoms with E-state index in [1.165, 1.54) is 7.11 Å². The van der Waals surface area contributed by atoms with Gasteiger partial charge in [0.15, 0.2) is 11.6 Å². The maximum Gasteiger partial charge on any atom is 0.174 e. The summed E-state index contributed by atoms with van der Waals surface area (Å²) in [7, 11) is 1.46. The van der Waals surface area contributed by atoms with Crippen LogP contribution in [0.3, 0.4) is 0 Å². The largest absolute Gasteiger partial charge is 0.494 e. The number of hydrogen-bond donors (Lipinski definition) is 0. The summed E-state index contributed by atoms with van der Waals surface area (Å²) in [6.45, 7) is 0.636. The molecule has 19 heavy (non-hydrogen) atoms. The Bertz CT molecular complexity index is 627. The quantitative estimate of drug-likeness (QED) is 0.794. The smallest absolute Gasteiger partial charge is 0.174 e. The van der Waals surface area contributed by atoms with E-state index >= 15 is 0 Å². The van der Waals surface area contributed by atoms with Crippen molar-refractivity contribution in [1.82, 2.24) is 4.98 Å². The number of pyridine rings is 1. The van der Waals surface area contributed by atoms with Crippen LogP contribution in [-0.4, -0.2) is 24.0 Å². The number of hydrogen-bond acceptors (Lipinski definition) is 3. The van der Waals surface area contributed by atoms with Crippen molar-refractivity contribution in [2.45, 2.75) is 6.42 Å². The molecule has 1 aliphatic rings. The summed E-state index contributed by atoms with van der Waals surface area (Å²) in [6.07, 6.45) is 2.46. The van der Waals surface area contributed by atoms with Crippen molar-refractivity contribution in [3.63, 3.8) is 0 Å². The minimum atomic E-state index is -0.358. The maximum atomic E-state index is 14.5. The van der Waals surface area contributed by atoms with Crippen LogP contribution < -0.4 is 9.47 Å². The molecule has 0 spiro atoms. The van der Waals surface area contributed by atoms with E-state index in [-0.39, 0.29) is 11.6 Å². The van der Waals surface area contributed by atoms with Gasteiger partial charge in [-0.1, -0.05) is 15.9 Å². The first kappa shape index (κ1) is 12.7. The summed E-state index contributed by atoms with van der Waals surface area (Å²) >= 11 is 3.46. The van der Waals surface area contributed by atoms with E-state index in [1.807, 2.05) is 0 Å². The second-order valence-corrected chi connectivity index (χ2v) is 5.26. The predicted octanol–water partition coefficient (Wildman–Crippen LogP) is 3.33. The molecule has 3 nitrogen and oxygen atoms in total. The summed E-state index contributed by atoms with van der Waals surface area (Å²) in [5.74, 6) is 0.910. The van der Waals surface area contributed by atoms with Crippen molar-refractivity contribution in [3.05, 3.63) is 29.7 Å². The second kappa shape index (κ2) is 4.96. The van der Waals surface area contributed by atoms with Crippen LogP contribution in [0.4, 0.5) is 4.39 Å². The Morgan fingerprint density at radius 2 is 2.37 bits per heavy atom. The highest BCUT2D eigenvalue weighted by atomic mass is 79.9. The Morgan fingerprint density at radius 3 is 3.11 bits per heavy atom. The van der Waals surface area contributed by atoms with E-state index in [1.54, 1.807) is 18.3 Å². The molecule has 0 N–H and O–H groups in total. The molecule has 1 aromatic heterocycles. The molecule has 1 atom stereocenters. The zero-order valence-corrected chi connectivity index (χ0v) is 12.0. The van der Waals surface area contributed by atoms with Crippen LogP contribution in [0.1, 0.15) is 5.56 Å². The van der Waals surface area contributed by atoms with E-state index in [2.05, 4.69) is 20.9 Å². The van der Waals surface area contributed by atoms with Crippen LogP contribution in [-0.2, 0) is 6.42 Å². The average Bonchev–Trinajstić information content (AvgIpc) is 2.46. The summed E-state index contributed by atoms with van der Waals surface area (Å²) in [6, 6.07) is 3.37. The van der Waals surface area contributed by atoms with Gasteiger partial charge in [0.2, 0.25) is 0 Å². The lowest BCUT2D eigenvalue weighted by Crippen LogP contribution is -2.22. The molecule has 0 radical (unpaired) electrons. The molecule has 1 aromatic carbocycles. The van der Waals surface area contributed by atoms with Crippen molar-refractivity contribution in [2.75, 3.05) is 19.0 Å². The number of benzene rings is 1. The lowest BCUT2D eigenvalue weighted by Gasteiger charge is -2.25. The lowest BCUT2D eigenvalue weighted by molar-refractivity contribution is 0.237. The first-order chi connectivity index (χ1) is 9.24. The summed E-state index contributed by atoms with van der Waals surface area (Å²) in [5.41, 5.74) is 1.52. The molecule has 0 saturated carbocycles. The van der Waals surface area contributed by atoms with Crippen LogP contribution in [0, 0.1) is 11.7 Å². The number of fused-ring (bicyclic) bond motifs is 3. The van der Waals surface area contributed by atoms with Gasteiger partial charge in [-0.3, -0.25) is 4.98 Å². The first-order valence-corrected chi connectivity index (χ1v) is 7.19. The molecule has 2 aromatic rings. The van der Waals surface area contributed by atoms with Gasteiger partial charge in [-0.05, 0) is 18.6 Å². The zero-order chi connectivity index (χ0) is 13.4. The summed E-state index contributed by atoms with van der Waals surface area (Å²) < 4.78 is 25.2. The number of methoxy groups -OCH3 is 1. The number of aromatic nitrogens is 1. The van der Waals surface area contributed by atoms with Gasteiger partial charge < -0.3 is 9.47 Å². The highest BCUT2D eigenvalue weighted by molar-refractivity contribution is 9.09. The Morgan fingerprint density at radius 1 is 1.53 bits per heavy atom. The minimum absolute atomic E-state index is 0.240. The summed E-state index contributed by atoms with van der Waals surface area (Å²) in [5, 5.41) is 1.35. The highest BCUT2D eigenvalue weighted by Gasteiger charge is 2.24. The van der Waals surface area contributed by atoms with Crippen LogP contribution in [0.5, 0.6) is 11.5 Å². The van der Waals surface area contributed by atoms with Crippen LogP contribution >= 0.6 is 15.9 Å². The Kier molecular flexibility index (Phi) is 3.31. The fourth-order valence-electron chi connectivity index (χ4n) is 2.41. The molecule has 0 fully saturated rings. The van der Waals surface area contributed by atoms with Gasteiger partial charge in [-0.15, -0.1) is 0 Å². The van der Waals surface area contributed by atoms with Gasteiger partial charge in [-0.2, -0.15) is 0 Å². The van der Waals surface area contributed by atoms with Gasteiger partial charge in [0, 0.05) is 22.2 Å². The molecule has 0 amide bonds. The van der Waals surface area contributed by atoms with E-state index < -0.39 is 0 Å². The molecule has 0 bridgehead atoms. The Hall–Kier alpha value is -1.36. The third-order valence-corrected chi connectivity index (χ3v) is 4.33. The molecule has 100 valence electrons. The lowest BCUT2D eigenvalue weighted by atomic mass is 9.95. The minimum Gasteiger partial charge on any atom is -0.494 e. The average molecular weight is 326 g/mol. The normalized spacial score (nSPS) is 17.9. The fraction of sp³-hybridized carbons (Fsp3) is 0.357. The molecule has 2 heterocycles. The molecule has 3 rings (SSSR count). The number of rotatable bonds is 2. The van der Waals surface area contributed by atoms with Crippen LogP contribution in [0.25, 0.3) is 10.9 Å². The Balaban J connectivity index is 2.25. The number of nitrogens with zero attached hydrogens (tertiary/aromatic N) is 1. The predicted molar refractivity (Wildman–Crippen MR) is 74.7 cm³/mol. The number of alkyl halides is 1. The third-order valence-electron chi connectivity index (χ3n) is 3.41. The maximum absolute atomic E-state index is 14.5. The van der Waals surface area contributed by atoms with Crippen molar-refractivity contribution in [2.24, 2.45) is 5.92 Å². The SMILES string of the molecule is COc1ccc2ncc3c(c2c1F)CC(CBr)CO3. The number of halogens is 2. The topological polar surface area (TPSA) is 31.4 Å². The van der Waals surface area contributed by atoms with Gasteiger partial charge in [0.05, 0.1) is 25.4 Å². The van der Waals surface area contributed by atoms with E-state index in [4.69, 9.17) is 9.47 Å². The standard InChI is InChI=1S/C14H13BrFNO2/c1-18-11-3-2-10-13(14(11)16)9-4-8(5-15)7-19-12(9)6-17-10/h2-3,6,8H,4-5,7H2,1H3. The Labute approximate surface area is 118 Å². The third kappa shape index (κ3) is 2.06. The monoisotopic (exact) mass is 325 g/mol. The van der Waals surface area contributed by atoms with Gasteiger partial charge >= 0.3 is 0 Å². The van der Waals surface area contributed by atoms with Gasteiger partial charge in [0.25, 0.3) is 0 Å². The van der Waals surface area contributed by atoms with Gasteiger partial charge in [-0.25, -0.2) is 4.39 Å².